The summed E-state index contributed by atoms with van der Waals surface area (Å²) in [4.78, 5) is 29.7. The number of rotatable bonds is 5. The van der Waals surface area contributed by atoms with Crippen molar-refractivity contribution in [2.75, 3.05) is 13.4 Å². The second-order valence-corrected chi connectivity index (χ2v) is 8.07. The third-order valence-electron chi connectivity index (χ3n) is 4.84. The lowest BCUT2D eigenvalue weighted by atomic mass is 10.0. The van der Waals surface area contributed by atoms with Crippen molar-refractivity contribution < 1.29 is 23.8 Å². The van der Waals surface area contributed by atoms with Gasteiger partial charge in [-0.25, -0.2) is 0 Å². The first kappa shape index (κ1) is 20.2. The first-order chi connectivity index (χ1) is 14.4. The zero-order valence-electron chi connectivity index (χ0n) is 17.1. The minimum Gasteiger partial charge on any atom is -0.465 e. The fourth-order valence-electron chi connectivity index (χ4n) is 3.33. The average Bonchev–Trinajstić information content (AvgIpc) is 3.27. The number of amides is 1. The van der Waals surface area contributed by atoms with Gasteiger partial charge in [0.2, 0.25) is 6.79 Å². The summed E-state index contributed by atoms with van der Waals surface area (Å²) in [5.74, 6) is 0.581. The highest BCUT2D eigenvalue weighted by molar-refractivity contribution is 7.16. The van der Waals surface area contributed by atoms with E-state index in [1.54, 1.807) is 11.5 Å². The fourth-order valence-corrected chi connectivity index (χ4v) is 4.39. The molecular weight excluding hydrogens is 404 g/mol. The van der Waals surface area contributed by atoms with Crippen molar-refractivity contribution in [2.24, 2.45) is 4.99 Å². The van der Waals surface area contributed by atoms with E-state index in [9.17, 15) is 9.59 Å². The number of carbonyl (C=O) groups is 2. The molecular formula is C22H22N2O5S. The zero-order valence-corrected chi connectivity index (χ0v) is 17.9. The Bertz CT molecular complexity index is 1210. The summed E-state index contributed by atoms with van der Waals surface area (Å²) >= 11 is 1.33. The van der Waals surface area contributed by atoms with Crippen LogP contribution in [0.25, 0.3) is 10.2 Å². The van der Waals surface area contributed by atoms with Crippen LogP contribution in [0.1, 0.15) is 23.6 Å². The van der Waals surface area contributed by atoms with Gasteiger partial charge in [0.25, 0.3) is 5.91 Å². The van der Waals surface area contributed by atoms with E-state index in [2.05, 4.69) is 4.99 Å². The van der Waals surface area contributed by atoms with E-state index in [1.165, 1.54) is 11.3 Å². The van der Waals surface area contributed by atoms with Gasteiger partial charge in [0, 0.05) is 12.1 Å². The number of fused-ring (bicyclic) bond motifs is 2. The highest BCUT2D eigenvalue weighted by Gasteiger charge is 2.19. The molecule has 7 nitrogen and oxygen atoms in total. The Kier molecular flexibility index (Phi) is 5.59. The zero-order chi connectivity index (χ0) is 21.3. The lowest BCUT2D eigenvalue weighted by Crippen LogP contribution is -2.23. The third-order valence-corrected chi connectivity index (χ3v) is 5.88. The van der Waals surface area contributed by atoms with Crippen LogP contribution in [0.5, 0.6) is 11.5 Å². The first-order valence-corrected chi connectivity index (χ1v) is 10.5. The lowest BCUT2D eigenvalue weighted by molar-refractivity contribution is -0.143. The van der Waals surface area contributed by atoms with Crippen LogP contribution in [-0.2, 0) is 27.3 Å². The van der Waals surface area contributed by atoms with Crippen LogP contribution in [0, 0.1) is 13.8 Å². The number of thiazole rings is 1. The molecule has 3 aromatic rings. The Morgan fingerprint density at radius 3 is 2.70 bits per heavy atom. The molecule has 156 valence electrons. The van der Waals surface area contributed by atoms with Gasteiger partial charge in [-0.05, 0) is 31.9 Å². The SMILES string of the molecule is CCOC(=O)Cn1c(=NC(=O)Cc2cc(C)ccc2C)sc2cc3c(cc21)OCO3. The normalized spacial score (nSPS) is 13.1. The van der Waals surface area contributed by atoms with Gasteiger partial charge in [-0.2, -0.15) is 4.99 Å². The van der Waals surface area contributed by atoms with Crippen LogP contribution in [0.15, 0.2) is 35.3 Å². The van der Waals surface area contributed by atoms with Crippen LogP contribution >= 0.6 is 11.3 Å². The number of esters is 1. The van der Waals surface area contributed by atoms with Gasteiger partial charge in [-0.3, -0.25) is 9.59 Å². The largest absolute Gasteiger partial charge is 0.465 e. The predicted octanol–water partition coefficient (Wildman–Crippen LogP) is 3.28. The number of aromatic nitrogens is 1. The molecule has 30 heavy (non-hydrogen) atoms. The highest BCUT2D eigenvalue weighted by atomic mass is 32.1. The maximum atomic E-state index is 12.7. The Morgan fingerprint density at radius 1 is 1.17 bits per heavy atom. The summed E-state index contributed by atoms with van der Waals surface area (Å²) < 4.78 is 18.6. The summed E-state index contributed by atoms with van der Waals surface area (Å²) in [5, 5.41) is 0. The minimum absolute atomic E-state index is 0.0386. The lowest BCUT2D eigenvalue weighted by Gasteiger charge is -2.06. The van der Waals surface area contributed by atoms with Crippen molar-refractivity contribution in [1.29, 1.82) is 0 Å². The van der Waals surface area contributed by atoms with E-state index in [-0.39, 0.29) is 32.3 Å². The minimum atomic E-state index is -0.390. The van der Waals surface area contributed by atoms with Gasteiger partial charge in [0.15, 0.2) is 16.3 Å². The molecule has 1 aliphatic rings. The molecule has 0 N–H and O–H groups in total. The number of aryl methyl sites for hydroxylation is 2. The molecule has 0 saturated heterocycles. The number of nitrogens with zero attached hydrogens (tertiary/aromatic N) is 2. The number of hydrogen-bond donors (Lipinski definition) is 0. The highest BCUT2D eigenvalue weighted by Crippen LogP contribution is 2.37. The van der Waals surface area contributed by atoms with Crippen LogP contribution in [0.4, 0.5) is 0 Å². The van der Waals surface area contributed by atoms with Crippen molar-refractivity contribution in [3.63, 3.8) is 0 Å². The van der Waals surface area contributed by atoms with Gasteiger partial charge >= 0.3 is 5.97 Å². The number of benzene rings is 2. The number of ether oxygens (including phenoxy) is 3. The molecule has 0 saturated carbocycles. The van der Waals surface area contributed by atoms with Crippen LogP contribution in [-0.4, -0.2) is 29.8 Å². The predicted molar refractivity (Wildman–Crippen MR) is 113 cm³/mol. The monoisotopic (exact) mass is 426 g/mol. The summed E-state index contributed by atoms with van der Waals surface area (Å²) in [6.07, 6.45) is 0.198. The quantitative estimate of drug-likeness (QED) is 0.585. The Morgan fingerprint density at radius 2 is 1.93 bits per heavy atom. The molecule has 2 aromatic carbocycles. The third kappa shape index (κ3) is 4.09. The molecule has 4 rings (SSSR count). The summed E-state index contributed by atoms with van der Waals surface area (Å²) in [6.45, 7) is 6.13. The molecule has 1 aliphatic heterocycles. The van der Waals surface area contributed by atoms with Gasteiger partial charge in [-0.15, -0.1) is 0 Å². The molecule has 0 unspecified atom stereocenters. The second-order valence-electron chi connectivity index (χ2n) is 7.06. The van der Waals surface area contributed by atoms with Crippen LogP contribution in [0.2, 0.25) is 0 Å². The maximum absolute atomic E-state index is 12.7. The van der Waals surface area contributed by atoms with E-state index in [0.29, 0.717) is 16.3 Å². The van der Waals surface area contributed by atoms with Crippen LogP contribution in [0.3, 0.4) is 0 Å². The van der Waals surface area contributed by atoms with Crippen molar-refractivity contribution >= 4 is 33.4 Å². The molecule has 1 amide bonds. The average molecular weight is 426 g/mol. The molecule has 0 fully saturated rings. The topological polar surface area (TPSA) is 79.1 Å². The maximum Gasteiger partial charge on any atom is 0.326 e. The van der Waals surface area contributed by atoms with E-state index in [1.807, 2.05) is 44.2 Å². The molecule has 0 atom stereocenters. The van der Waals surface area contributed by atoms with Crippen molar-refractivity contribution in [2.45, 2.75) is 33.7 Å². The first-order valence-electron chi connectivity index (χ1n) is 9.67. The van der Waals surface area contributed by atoms with E-state index >= 15 is 0 Å². The van der Waals surface area contributed by atoms with E-state index < -0.39 is 5.97 Å². The number of carbonyl (C=O) groups excluding carboxylic acids is 2. The number of hydrogen-bond acceptors (Lipinski definition) is 6. The summed E-state index contributed by atoms with van der Waals surface area (Å²) in [6, 6.07) is 9.67. The van der Waals surface area contributed by atoms with Crippen LogP contribution < -0.4 is 14.3 Å². The summed E-state index contributed by atoms with van der Waals surface area (Å²) in [5.41, 5.74) is 3.83. The van der Waals surface area contributed by atoms with Gasteiger partial charge in [0.05, 0.1) is 23.2 Å². The van der Waals surface area contributed by atoms with Crippen molar-refractivity contribution in [3.8, 4) is 11.5 Å². The second kappa shape index (κ2) is 8.31. The Balaban J connectivity index is 1.75. The fraction of sp³-hybridized carbons (Fsp3) is 0.318. The standard InChI is InChI=1S/C22H22N2O5S/c1-4-27-21(26)11-24-16-9-17-18(29-12-28-17)10-19(16)30-22(24)23-20(25)8-15-7-13(2)5-6-14(15)3/h5-7,9-10H,4,8,11-12H2,1-3H3. The molecule has 0 aliphatic carbocycles. The smallest absolute Gasteiger partial charge is 0.326 e. The van der Waals surface area contributed by atoms with Crippen molar-refractivity contribution in [3.05, 3.63) is 51.8 Å². The van der Waals surface area contributed by atoms with Gasteiger partial charge < -0.3 is 18.8 Å². The molecule has 0 radical (unpaired) electrons. The molecule has 8 heteroatoms. The molecule has 2 heterocycles. The Hall–Kier alpha value is -3.13. The van der Waals surface area contributed by atoms with E-state index in [0.717, 1.165) is 26.9 Å². The van der Waals surface area contributed by atoms with Crippen molar-refractivity contribution in [1.82, 2.24) is 4.57 Å². The molecule has 0 bridgehead atoms. The van der Waals surface area contributed by atoms with Gasteiger partial charge in [-0.1, -0.05) is 35.1 Å². The summed E-state index contributed by atoms with van der Waals surface area (Å²) in [7, 11) is 0. The Labute approximate surface area is 177 Å². The molecule has 1 aromatic heterocycles. The van der Waals surface area contributed by atoms with Gasteiger partial charge in [0.1, 0.15) is 6.54 Å². The molecule has 0 spiro atoms. The van der Waals surface area contributed by atoms with E-state index in [4.69, 9.17) is 14.2 Å².